The lowest BCUT2D eigenvalue weighted by molar-refractivity contribution is -0.101. The van der Waals surface area contributed by atoms with Crippen LogP contribution in [0.5, 0.6) is 0 Å². The Morgan fingerprint density at radius 2 is 2.28 bits per heavy atom. The number of nitrogens with zero attached hydrogens (tertiary/aromatic N) is 2. The zero-order chi connectivity index (χ0) is 13.3. The molecule has 1 aromatic rings. The molecule has 3 N–H and O–H groups in total. The molecule has 2 rings (SSSR count). The summed E-state index contributed by atoms with van der Waals surface area (Å²) >= 11 is 0. The van der Waals surface area contributed by atoms with Crippen molar-refractivity contribution < 1.29 is 9.84 Å². The van der Waals surface area contributed by atoms with Crippen LogP contribution in [-0.2, 0) is 4.74 Å². The van der Waals surface area contributed by atoms with Crippen LogP contribution in [0, 0.1) is 0 Å². The van der Waals surface area contributed by atoms with Gasteiger partial charge in [0.15, 0.2) is 0 Å². The standard InChI is InChI=1S/C10H16N4O4/c1-10(2)5-14(3-6(4-15)18-10)7-8(16)11-9(17)13-12-7/h6,15H,3-5H2,1-2H3,(H2,11,13,16,17). The van der Waals surface area contributed by atoms with Crippen molar-refractivity contribution in [3.05, 3.63) is 20.8 Å². The van der Waals surface area contributed by atoms with Crippen LogP contribution in [-0.4, -0.2) is 51.7 Å². The molecule has 1 unspecified atom stereocenters. The number of rotatable bonds is 2. The van der Waals surface area contributed by atoms with Gasteiger partial charge < -0.3 is 14.7 Å². The molecule has 0 amide bonds. The fourth-order valence-corrected chi connectivity index (χ4v) is 2.11. The quantitative estimate of drug-likeness (QED) is 0.589. The van der Waals surface area contributed by atoms with E-state index < -0.39 is 16.9 Å². The number of hydrogen-bond acceptors (Lipinski definition) is 6. The average Bonchev–Trinajstić information content (AvgIpc) is 2.26. The zero-order valence-corrected chi connectivity index (χ0v) is 10.3. The third-order valence-corrected chi connectivity index (χ3v) is 2.68. The van der Waals surface area contributed by atoms with Crippen LogP contribution < -0.4 is 16.1 Å². The predicted octanol–water partition coefficient (Wildman–Crippen LogP) is -1.57. The van der Waals surface area contributed by atoms with Crippen LogP contribution in [0.4, 0.5) is 5.82 Å². The number of H-pyrrole nitrogens is 2. The van der Waals surface area contributed by atoms with Gasteiger partial charge >= 0.3 is 5.69 Å². The molecule has 100 valence electrons. The van der Waals surface area contributed by atoms with Crippen LogP contribution in [0.3, 0.4) is 0 Å². The van der Waals surface area contributed by atoms with E-state index in [-0.39, 0.29) is 18.5 Å². The maximum absolute atomic E-state index is 11.7. The molecular formula is C10H16N4O4. The van der Waals surface area contributed by atoms with Gasteiger partial charge in [-0.05, 0) is 13.8 Å². The highest BCUT2D eigenvalue weighted by Crippen LogP contribution is 2.22. The molecule has 1 aromatic heterocycles. The van der Waals surface area contributed by atoms with Crippen LogP contribution in [0.1, 0.15) is 13.8 Å². The van der Waals surface area contributed by atoms with Crippen molar-refractivity contribution in [3.8, 4) is 0 Å². The number of aliphatic hydroxyl groups excluding tert-OH is 1. The Kier molecular flexibility index (Phi) is 3.22. The molecule has 0 aliphatic carbocycles. The summed E-state index contributed by atoms with van der Waals surface area (Å²) in [4.78, 5) is 26.4. The normalized spacial score (nSPS) is 23.1. The van der Waals surface area contributed by atoms with E-state index in [1.54, 1.807) is 4.90 Å². The number of ether oxygens (including phenoxy) is 1. The van der Waals surface area contributed by atoms with Crippen molar-refractivity contribution >= 4 is 5.82 Å². The van der Waals surface area contributed by atoms with Crippen molar-refractivity contribution in [2.45, 2.75) is 25.6 Å². The number of nitrogens with one attached hydrogen (secondary N) is 2. The number of aromatic amines is 2. The van der Waals surface area contributed by atoms with Crippen molar-refractivity contribution in [3.63, 3.8) is 0 Å². The summed E-state index contributed by atoms with van der Waals surface area (Å²) < 4.78 is 5.63. The molecular weight excluding hydrogens is 240 g/mol. The van der Waals surface area contributed by atoms with Gasteiger partial charge in [0.05, 0.1) is 18.3 Å². The van der Waals surface area contributed by atoms with Gasteiger partial charge in [0.1, 0.15) is 0 Å². The maximum Gasteiger partial charge on any atom is 0.342 e. The van der Waals surface area contributed by atoms with Gasteiger partial charge in [0.25, 0.3) is 5.56 Å². The summed E-state index contributed by atoms with van der Waals surface area (Å²) in [5.41, 5.74) is -1.70. The average molecular weight is 256 g/mol. The molecule has 2 heterocycles. The number of aliphatic hydroxyl groups is 1. The van der Waals surface area contributed by atoms with E-state index in [9.17, 15) is 14.7 Å². The maximum atomic E-state index is 11.7. The van der Waals surface area contributed by atoms with E-state index >= 15 is 0 Å². The summed E-state index contributed by atoms with van der Waals surface area (Å²) in [6, 6.07) is 0. The fourth-order valence-electron chi connectivity index (χ4n) is 2.11. The first-order chi connectivity index (χ1) is 8.41. The third kappa shape index (κ3) is 2.59. The largest absolute Gasteiger partial charge is 0.394 e. The summed E-state index contributed by atoms with van der Waals surface area (Å²) in [5.74, 6) is 0.129. The lowest BCUT2D eigenvalue weighted by atomic mass is 10.1. The topological polar surface area (TPSA) is 111 Å². The zero-order valence-electron chi connectivity index (χ0n) is 10.3. The molecule has 1 atom stereocenters. The Labute approximate surface area is 103 Å². The minimum Gasteiger partial charge on any atom is -0.394 e. The molecule has 1 aliphatic rings. The molecule has 0 saturated carbocycles. The molecule has 1 aliphatic heterocycles. The number of morpholine rings is 1. The Morgan fingerprint density at radius 3 is 2.89 bits per heavy atom. The van der Waals surface area contributed by atoms with Gasteiger partial charge in [-0.2, -0.15) is 0 Å². The molecule has 18 heavy (non-hydrogen) atoms. The van der Waals surface area contributed by atoms with Gasteiger partial charge in [-0.25, -0.2) is 9.89 Å². The highest BCUT2D eigenvalue weighted by atomic mass is 16.5. The summed E-state index contributed by atoms with van der Waals surface area (Å²) in [6.07, 6.45) is -0.387. The van der Waals surface area contributed by atoms with Gasteiger partial charge in [0.2, 0.25) is 5.82 Å². The van der Waals surface area contributed by atoms with Gasteiger partial charge in [-0.1, -0.05) is 0 Å². The highest BCUT2D eigenvalue weighted by Gasteiger charge is 2.34. The number of anilines is 1. The first-order valence-electron chi connectivity index (χ1n) is 5.64. The van der Waals surface area contributed by atoms with Crippen LogP contribution in [0.15, 0.2) is 9.59 Å². The Balaban J connectivity index is 2.32. The molecule has 8 heteroatoms. The SMILES string of the molecule is CC1(C)CN(c2n[nH]c(=O)[nH]c2=O)CC(CO)O1. The van der Waals surface area contributed by atoms with E-state index in [0.717, 1.165) is 0 Å². The molecule has 0 spiro atoms. The van der Waals surface area contributed by atoms with Crippen LogP contribution in [0.2, 0.25) is 0 Å². The lowest BCUT2D eigenvalue weighted by Gasteiger charge is -2.42. The molecule has 0 radical (unpaired) electrons. The molecule has 8 nitrogen and oxygen atoms in total. The molecule has 1 saturated heterocycles. The monoisotopic (exact) mass is 256 g/mol. The summed E-state index contributed by atoms with van der Waals surface area (Å²) in [7, 11) is 0. The van der Waals surface area contributed by atoms with E-state index in [0.29, 0.717) is 13.1 Å². The fraction of sp³-hybridized carbons (Fsp3) is 0.700. The van der Waals surface area contributed by atoms with Crippen molar-refractivity contribution in [1.82, 2.24) is 15.2 Å². The van der Waals surface area contributed by atoms with Crippen molar-refractivity contribution in [2.24, 2.45) is 0 Å². The Hall–Kier alpha value is -1.67. The van der Waals surface area contributed by atoms with Gasteiger partial charge in [-0.3, -0.25) is 9.78 Å². The van der Waals surface area contributed by atoms with E-state index in [4.69, 9.17) is 4.74 Å². The first kappa shape index (κ1) is 12.8. The predicted molar refractivity (Wildman–Crippen MR) is 63.7 cm³/mol. The second-order valence-corrected chi connectivity index (χ2v) is 4.89. The minimum absolute atomic E-state index is 0.129. The Morgan fingerprint density at radius 1 is 1.56 bits per heavy atom. The first-order valence-corrected chi connectivity index (χ1v) is 5.64. The molecule has 0 aromatic carbocycles. The Bertz CT molecular complexity index is 535. The van der Waals surface area contributed by atoms with Crippen molar-refractivity contribution in [2.75, 3.05) is 24.6 Å². The minimum atomic E-state index is -0.644. The summed E-state index contributed by atoms with van der Waals surface area (Å²) in [6.45, 7) is 4.39. The second-order valence-electron chi connectivity index (χ2n) is 4.89. The van der Waals surface area contributed by atoms with E-state index in [2.05, 4.69) is 15.2 Å². The van der Waals surface area contributed by atoms with Crippen LogP contribution >= 0.6 is 0 Å². The van der Waals surface area contributed by atoms with Crippen molar-refractivity contribution in [1.29, 1.82) is 0 Å². The van der Waals surface area contributed by atoms with Gasteiger partial charge in [-0.15, -0.1) is 5.10 Å². The molecule has 0 bridgehead atoms. The smallest absolute Gasteiger partial charge is 0.342 e. The molecule has 1 fully saturated rings. The second kappa shape index (κ2) is 4.54. The van der Waals surface area contributed by atoms with Crippen LogP contribution in [0.25, 0.3) is 0 Å². The third-order valence-electron chi connectivity index (χ3n) is 2.68. The van der Waals surface area contributed by atoms with Gasteiger partial charge in [0, 0.05) is 13.1 Å². The highest BCUT2D eigenvalue weighted by molar-refractivity contribution is 5.35. The van der Waals surface area contributed by atoms with E-state index in [1.807, 2.05) is 13.8 Å². The summed E-state index contributed by atoms with van der Waals surface area (Å²) in [5, 5.41) is 15.1. The number of aromatic nitrogens is 3. The lowest BCUT2D eigenvalue weighted by Crippen LogP contribution is -2.55. The number of hydrogen-bond donors (Lipinski definition) is 3. The van der Waals surface area contributed by atoms with E-state index in [1.165, 1.54) is 0 Å².